The Morgan fingerprint density at radius 3 is 2.59 bits per heavy atom. The topological polar surface area (TPSA) is 12.0 Å². The molecule has 2 heteroatoms. The maximum absolute atomic E-state index is 5.86. The molecule has 0 saturated heterocycles. The van der Waals surface area contributed by atoms with E-state index >= 15 is 0 Å². The third-order valence-corrected chi connectivity index (χ3v) is 3.98. The minimum atomic E-state index is 0.660. The molecule has 1 unspecified atom stereocenters. The molecule has 0 radical (unpaired) electrons. The van der Waals surface area contributed by atoms with Crippen LogP contribution in [0.2, 0.25) is 5.02 Å². The Morgan fingerprint density at radius 1 is 1.29 bits per heavy atom. The molecule has 0 heterocycles. The first-order valence-electron chi connectivity index (χ1n) is 6.72. The average molecular weight is 252 g/mol. The van der Waals surface area contributed by atoms with Gasteiger partial charge in [0.05, 0.1) is 0 Å². The lowest BCUT2D eigenvalue weighted by Gasteiger charge is -2.28. The highest BCUT2D eigenvalue weighted by atomic mass is 35.5. The molecule has 0 amide bonds. The summed E-state index contributed by atoms with van der Waals surface area (Å²) in [6.45, 7) is 3.37. The van der Waals surface area contributed by atoms with Crippen molar-refractivity contribution >= 4 is 11.6 Å². The van der Waals surface area contributed by atoms with Crippen LogP contribution in [0.25, 0.3) is 0 Å². The monoisotopic (exact) mass is 251 g/mol. The lowest BCUT2D eigenvalue weighted by molar-refractivity contribution is 0.266. The van der Waals surface area contributed by atoms with Gasteiger partial charge in [0.25, 0.3) is 0 Å². The number of nitrogens with one attached hydrogen (secondary N) is 1. The van der Waals surface area contributed by atoms with Crippen LogP contribution in [0.4, 0.5) is 0 Å². The predicted molar refractivity (Wildman–Crippen MR) is 74.6 cm³/mol. The first kappa shape index (κ1) is 12.9. The van der Waals surface area contributed by atoms with Crippen LogP contribution in [0.1, 0.15) is 38.2 Å². The lowest BCUT2D eigenvalue weighted by atomic mass is 9.81. The van der Waals surface area contributed by atoms with Gasteiger partial charge in [-0.25, -0.2) is 0 Å². The van der Waals surface area contributed by atoms with Crippen molar-refractivity contribution in [3.05, 3.63) is 34.9 Å². The summed E-state index contributed by atoms with van der Waals surface area (Å²) >= 11 is 5.86. The summed E-state index contributed by atoms with van der Waals surface area (Å²) < 4.78 is 0. The van der Waals surface area contributed by atoms with Crippen LogP contribution < -0.4 is 5.32 Å². The molecule has 1 atom stereocenters. The zero-order valence-corrected chi connectivity index (χ0v) is 11.3. The Hall–Kier alpha value is -0.530. The molecule has 0 aromatic heterocycles. The van der Waals surface area contributed by atoms with E-state index in [1.165, 1.54) is 31.2 Å². The van der Waals surface area contributed by atoms with Crippen LogP contribution in [-0.4, -0.2) is 12.6 Å². The summed E-state index contributed by atoms with van der Waals surface area (Å²) in [4.78, 5) is 0. The van der Waals surface area contributed by atoms with Crippen molar-refractivity contribution in [2.45, 2.75) is 45.1 Å². The second kappa shape index (κ2) is 6.42. The van der Waals surface area contributed by atoms with Gasteiger partial charge in [0.1, 0.15) is 0 Å². The minimum Gasteiger partial charge on any atom is -0.314 e. The molecule has 1 nitrogen and oxygen atoms in total. The van der Waals surface area contributed by atoms with Crippen molar-refractivity contribution in [1.82, 2.24) is 5.32 Å². The molecule has 1 aliphatic carbocycles. The number of hydrogen-bond donors (Lipinski definition) is 1. The smallest absolute Gasteiger partial charge is 0.0406 e. The normalized spacial score (nSPS) is 17.8. The molecular formula is C15H22ClN. The van der Waals surface area contributed by atoms with Crippen LogP contribution in [0, 0.1) is 5.92 Å². The van der Waals surface area contributed by atoms with Gasteiger partial charge in [-0.05, 0) is 49.9 Å². The zero-order valence-electron chi connectivity index (χ0n) is 10.6. The second-order valence-electron chi connectivity index (χ2n) is 5.26. The van der Waals surface area contributed by atoms with Gasteiger partial charge in [-0.2, -0.15) is 0 Å². The van der Waals surface area contributed by atoms with E-state index in [1.807, 2.05) is 12.1 Å². The highest BCUT2D eigenvalue weighted by Gasteiger charge is 2.19. The number of halogens is 1. The molecule has 1 aromatic carbocycles. The Kier molecular flexibility index (Phi) is 4.87. The quantitative estimate of drug-likeness (QED) is 0.804. The van der Waals surface area contributed by atoms with Crippen LogP contribution in [-0.2, 0) is 6.42 Å². The highest BCUT2D eigenvalue weighted by Crippen LogP contribution is 2.30. The summed E-state index contributed by atoms with van der Waals surface area (Å²) in [7, 11) is 0. The fourth-order valence-corrected chi connectivity index (χ4v) is 2.55. The predicted octanol–water partition coefficient (Wildman–Crippen LogP) is 4.05. The van der Waals surface area contributed by atoms with E-state index < -0.39 is 0 Å². The van der Waals surface area contributed by atoms with E-state index in [-0.39, 0.29) is 0 Å². The SMILES string of the molecule is CC(CC1CCC1)NCCc1ccc(Cl)cc1. The molecule has 1 N–H and O–H groups in total. The Morgan fingerprint density at radius 2 is 2.00 bits per heavy atom. The summed E-state index contributed by atoms with van der Waals surface area (Å²) in [5.41, 5.74) is 1.36. The maximum atomic E-state index is 5.86. The van der Waals surface area contributed by atoms with E-state index in [0.29, 0.717) is 6.04 Å². The Bertz CT molecular complexity index is 329. The van der Waals surface area contributed by atoms with E-state index in [0.717, 1.165) is 23.9 Å². The molecule has 1 saturated carbocycles. The summed E-state index contributed by atoms with van der Waals surface area (Å²) in [6, 6.07) is 8.82. The molecule has 17 heavy (non-hydrogen) atoms. The van der Waals surface area contributed by atoms with Crippen LogP contribution >= 0.6 is 11.6 Å². The van der Waals surface area contributed by atoms with Crippen molar-refractivity contribution in [3.63, 3.8) is 0 Å². The first-order chi connectivity index (χ1) is 8.24. The molecular weight excluding hydrogens is 230 g/mol. The van der Waals surface area contributed by atoms with E-state index in [4.69, 9.17) is 11.6 Å². The van der Waals surface area contributed by atoms with Gasteiger partial charge in [0.15, 0.2) is 0 Å². The van der Waals surface area contributed by atoms with Crippen molar-refractivity contribution in [1.29, 1.82) is 0 Å². The van der Waals surface area contributed by atoms with Gasteiger partial charge >= 0.3 is 0 Å². The van der Waals surface area contributed by atoms with Gasteiger partial charge in [-0.15, -0.1) is 0 Å². The van der Waals surface area contributed by atoms with Crippen LogP contribution in [0.3, 0.4) is 0 Å². The van der Waals surface area contributed by atoms with E-state index in [2.05, 4.69) is 24.4 Å². The molecule has 0 spiro atoms. The summed E-state index contributed by atoms with van der Waals surface area (Å²) in [6.07, 6.45) is 6.78. The van der Waals surface area contributed by atoms with Crippen molar-refractivity contribution in [3.8, 4) is 0 Å². The number of hydrogen-bond acceptors (Lipinski definition) is 1. The standard InChI is InChI=1S/C15H22ClN/c1-12(11-14-3-2-4-14)17-10-9-13-5-7-15(16)8-6-13/h5-8,12,14,17H,2-4,9-11H2,1H3. The first-order valence-corrected chi connectivity index (χ1v) is 7.09. The number of benzene rings is 1. The van der Waals surface area contributed by atoms with Gasteiger partial charge in [-0.1, -0.05) is 43.0 Å². The highest BCUT2D eigenvalue weighted by molar-refractivity contribution is 6.30. The second-order valence-corrected chi connectivity index (χ2v) is 5.70. The van der Waals surface area contributed by atoms with Crippen molar-refractivity contribution in [2.75, 3.05) is 6.54 Å². The van der Waals surface area contributed by atoms with Gasteiger partial charge in [0, 0.05) is 11.1 Å². The van der Waals surface area contributed by atoms with Gasteiger partial charge in [0.2, 0.25) is 0 Å². The summed E-state index contributed by atoms with van der Waals surface area (Å²) in [5, 5.41) is 4.43. The number of rotatable bonds is 6. The zero-order chi connectivity index (χ0) is 12.1. The minimum absolute atomic E-state index is 0.660. The van der Waals surface area contributed by atoms with Crippen LogP contribution in [0.5, 0.6) is 0 Å². The molecule has 1 aromatic rings. The van der Waals surface area contributed by atoms with Gasteiger partial charge in [-0.3, -0.25) is 0 Å². The Labute approximate surface area is 110 Å². The Balaban J connectivity index is 1.62. The maximum Gasteiger partial charge on any atom is 0.0406 e. The van der Waals surface area contributed by atoms with Crippen LogP contribution in [0.15, 0.2) is 24.3 Å². The van der Waals surface area contributed by atoms with Gasteiger partial charge < -0.3 is 5.32 Å². The molecule has 1 aliphatic rings. The average Bonchev–Trinajstić information content (AvgIpc) is 2.26. The molecule has 1 fully saturated rings. The third-order valence-electron chi connectivity index (χ3n) is 3.73. The van der Waals surface area contributed by atoms with E-state index in [1.54, 1.807) is 0 Å². The fraction of sp³-hybridized carbons (Fsp3) is 0.600. The fourth-order valence-electron chi connectivity index (χ4n) is 2.43. The van der Waals surface area contributed by atoms with Crippen molar-refractivity contribution in [2.24, 2.45) is 5.92 Å². The molecule has 0 bridgehead atoms. The van der Waals surface area contributed by atoms with Crippen molar-refractivity contribution < 1.29 is 0 Å². The molecule has 0 aliphatic heterocycles. The lowest BCUT2D eigenvalue weighted by Crippen LogP contribution is -2.31. The largest absolute Gasteiger partial charge is 0.314 e. The molecule has 94 valence electrons. The summed E-state index contributed by atoms with van der Waals surface area (Å²) in [5.74, 6) is 0.994. The molecule has 2 rings (SSSR count). The third kappa shape index (κ3) is 4.33. The van der Waals surface area contributed by atoms with E-state index in [9.17, 15) is 0 Å².